The number of aliphatic carboxylic acids is 1. The van der Waals surface area contributed by atoms with E-state index >= 15 is 0 Å². The molecule has 0 fully saturated rings. The van der Waals surface area contributed by atoms with Crippen LogP contribution in [0.5, 0.6) is 0 Å². The quantitative estimate of drug-likeness (QED) is 0.391. The molecule has 0 saturated heterocycles. The van der Waals surface area contributed by atoms with Crippen molar-refractivity contribution in [1.29, 1.82) is 0 Å². The van der Waals surface area contributed by atoms with Crippen molar-refractivity contribution in [3.05, 3.63) is 103 Å². The molecule has 0 spiro atoms. The van der Waals surface area contributed by atoms with Gasteiger partial charge in [-0.05, 0) is 0 Å². The summed E-state index contributed by atoms with van der Waals surface area (Å²) in [5.41, 5.74) is 1.06. The van der Waals surface area contributed by atoms with Gasteiger partial charge in [0.15, 0.2) is 0 Å². The van der Waals surface area contributed by atoms with E-state index in [0.717, 1.165) is 11.7 Å². The Kier molecular flexibility index (Phi) is 6.17. The van der Waals surface area contributed by atoms with E-state index < -0.39 is 11.3 Å². The Bertz CT molecular complexity index is 870. The normalized spacial score (nSPS) is 13.5. The van der Waals surface area contributed by atoms with E-state index in [2.05, 4.69) is 88.3 Å². The molecule has 4 heteroatoms. The van der Waals surface area contributed by atoms with E-state index in [1.54, 1.807) is 0 Å². The number of hydrogen-bond acceptors (Lipinski definition) is 1. The van der Waals surface area contributed by atoms with Crippen LogP contribution in [0.4, 0.5) is 0 Å². The number of halogens is 1. The number of carboxylic acids is 1. The van der Waals surface area contributed by atoms with Crippen molar-refractivity contribution < 1.29 is 9.90 Å². The van der Waals surface area contributed by atoms with E-state index in [-0.39, 0.29) is 6.42 Å². The summed E-state index contributed by atoms with van der Waals surface area (Å²) in [6.45, 7) is 2.03. The van der Waals surface area contributed by atoms with Gasteiger partial charge < -0.3 is 0 Å². The molecule has 0 aliphatic rings. The van der Waals surface area contributed by atoms with Gasteiger partial charge in [0.25, 0.3) is 0 Å². The fourth-order valence-corrected chi connectivity index (χ4v) is 11.9. The van der Waals surface area contributed by atoms with Crippen molar-refractivity contribution in [2.24, 2.45) is 0 Å². The molecule has 1 N–H and O–H groups in total. The van der Waals surface area contributed by atoms with Crippen molar-refractivity contribution in [3.8, 4) is 0 Å². The first-order valence-electron chi connectivity index (χ1n) is 9.22. The fourth-order valence-electron chi connectivity index (χ4n) is 3.73. The molecule has 0 unspecified atom stereocenters. The van der Waals surface area contributed by atoms with E-state index in [1.165, 1.54) is 15.9 Å². The Hall–Kier alpha value is -2.22. The Morgan fingerprint density at radius 1 is 0.821 bits per heavy atom. The molecule has 0 bridgehead atoms. The second-order valence-corrected chi connectivity index (χ2v) is 15.9. The predicted molar refractivity (Wildman–Crippen MR) is 125 cm³/mol. The molecular weight excluding hydrogens is 431 g/mol. The first kappa shape index (κ1) is 20.5. The average molecular weight is 455 g/mol. The molecule has 0 aromatic heterocycles. The van der Waals surface area contributed by atoms with Gasteiger partial charge in [0, 0.05) is 0 Å². The maximum absolute atomic E-state index is 11.1. The molecule has 0 heterocycles. The second-order valence-electron chi connectivity index (χ2n) is 7.00. The summed E-state index contributed by atoms with van der Waals surface area (Å²) in [4.78, 5) is 11.1. The summed E-state index contributed by atoms with van der Waals surface area (Å²) in [7, 11) is 0. The Morgan fingerprint density at radius 2 is 1.18 bits per heavy atom. The summed E-state index contributed by atoms with van der Waals surface area (Å²) >= 11 is 4.37. The number of rotatable bonds is 7. The molecule has 0 aliphatic heterocycles. The molecule has 2 nitrogen and oxygen atoms in total. The zero-order valence-corrected chi connectivity index (χ0v) is 18.3. The van der Waals surface area contributed by atoms with E-state index in [0.29, 0.717) is 0 Å². The van der Waals surface area contributed by atoms with Crippen molar-refractivity contribution in [2.75, 3.05) is 6.16 Å². The zero-order valence-electron chi connectivity index (χ0n) is 15.8. The first-order valence-corrected chi connectivity index (χ1v) is 13.7. The SMILES string of the molecule is CC(=CCC(=O)O)CP(Br)(c1ccccc1)(c1ccccc1)c1ccccc1. The van der Waals surface area contributed by atoms with Crippen LogP contribution >= 0.6 is 20.8 Å². The van der Waals surface area contributed by atoms with Crippen LogP contribution in [0.25, 0.3) is 0 Å². The Morgan fingerprint density at radius 3 is 1.50 bits per heavy atom. The summed E-state index contributed by atoms with van der Waals surface area (Å²) < 4.78 is 0. The molecule has 28 heavy (non-hydrogen) atoms. The van der Waals surface area contributed by atoms with Crippen LogP contribution in [0, 0.1) is 0 Å². The number of carboxylic acid groups (broad SMARTS) is 1. The Labute approximate surface area is 174 Å². The molecule has 0 radical (unpaired) electrons. The van der Waals surface area contributed by atoms with E-state index in [9.17, 15) is 4.79 Å². The van der Waals surface area contributed by atoms with Crippen LogP contribution in [-0.4, -0.2) is 17.2 Å². The van der Waals surface area contributed by atoms with Crippen LogP contribution in [0.15, 0.2) is 103 Å². The average Bonchev–Trinajstić information content (AvgIpc) is 2.74. The van der Waals surface area contributed by atoms with Gasteiger partial charge in [-0.1, -0.05) is 0 Å². The van der Waals surface area contributed by atoms with Crippen LogP contribution in [0.3, 0.4) is 0 Å². The molecule has 3 aromatic rings. The molecule has 0 amide bonds. The summed E-state index contributed by atoms with van der Waals surface area (Å²) in [6, 6.07) is 31.6. The molecule has 0 aliphatic carbocycles. The zero-order chi connectivity index (χ0) is 20.1. The number of benzene rings is 3. The molecule has 3 aromatic carbocycles. The van der Waals surface area contributed by atoms with Gasteiger partial charge in [-0.2, -0.15) is 0 Å². The van der Waals surface area contributed by atoms with Gasteiger partial charge in [0.1, 0.15) is 0 Å². The number of hydrogen-bond donors (Lipinski definition) is 1. The van der Waals surface area contributed by atoms with Gasteiger partial charge >= 0.3 is 175 Å². The number of allylic oxidation sites excluding steroid dienone is 1. The fraction of sp³-hybridized carbons (Fsp3) is 0.125. The van der Waals surface area contributed by atoms with Crippen molar-refractivity contribution >= 4 is 42.7 Å². The third kappa shape index (κ3) is 3.83. The standard InChI is InChI=1S/C24H24BrO2P/c1-20(17-18-24(26)27)19-28(25,21-11-5-2-6-12-21,22-13-7-3-8-14-22)23-15-9-4-10-16-23/h2-17H,18-19H2,1H3,(H,26,27). The molecule has 3 rings (SSSR count). The maximum atomic E-state index is 11.1. The summed E-state index contributed by atoms with van der Waals surface area (Å²) in [6.07, 6.45) is 2.60. The van der Waals surface area contributed by atoms with Crippen LogP contribution in [0.2, 0.25) is 0 Å². The van der Waals surface area contributed by atoms with Crippen molar-refractivity contribution in [1.82, 2.24) is 0 Å². The molecule has 0 saturated carbocycles. The summed E-state index contributed by atoms with van der Waals surface area (Å²) in [5.74, 6) is -0.812. The minimum atomic E-state index is -3.02. The van der Waals surface area contributed by atoms with Crippen molar-refractivity contribution in [3.63, 3.8) is 0 Å². The van der Waals surface area contributed by atoms with Gasteiger partial charge in [0.05, 0.1) is 0 Å². The first-order chi connectivity index (χ1) is 13.4. The monoisotopic (exact) mass is 454 g/mol. The van der Waals surface area contributed by atoms with Gasteiger partial charge in [-0.3, -0.25) is 0 Å². The van der Waals surface area contributed by atoms with Crippen LogP contribution in [0.1, 0.15) is 13.3 Å². The minimum absolute atomic E-state index is 0.0314. The summed E-state index contributed by atoms with van der Waals surface area (Å²) in [5, 5.41) is 9.80. The van der Waals surface area contributed by atoms with Crippen LogP contribution < -0.4 is 15.9 Å². The second kappa shape index (κ2) is 8.43. The van der Waals surface area contributed by atoms with Crippen LogP contribution in [-0.2, 0) is 4.79 Å². The van der Waals surface area contributed by atoms with Crippen molar-refractivity contribution in [2.45, 2.75) is 13.3 Å². The number of carbonyl (C=O) groups is 1. The molecular formula is C24H24BrO2P. The van der Waals surface area contributed by atoms with Gasteiger partial charge in [0.2, 0.25) is 0 Å². The predicted octanol–water partition coefficient (Wildman–Crippen LogP) is 5.25. The molecule has 0 atom stereocenters. The topological polar surface area (TPSA) is 37.3 Å². The van der Waals surface area contributed by atoms with E-state index in [4.69, 9.17) is 5.11 Å². The van der Waals surface area contributed by atoms with Gasteiger partial charge in [-0.25, -0.2) is 0 Å². The van der Waals surface area contributed by atoms with E-state index in [1.807, 2.05) is 31.2 Å². The third-order valence-corrected chi connectivity index (χ3v) is 14.7. The third-order valence-electron chi connectivity index (χ3n) is 5.06. The Balaban J connectivity index is 2.34. The molecule has 144 valence electrons. The van der Waals surface area contributed by atoms with Gasteiger partial charge in [-0.15, -0.1) is 0 Å².